The van der Waals surface area contributed by atoms with E-state index in [4.69, 9.17) is 4.74 Å². The Morgan fingerprint density at radius 2 is 2.05 bits per heavy atom. The highest BCUT2D eigenvalue weighted by atomic mass is 79.9. The van der Waals surface area contributed by atoms with Crippen molar-refractivity contribution in [3.05, 3.63) is 29.3 Å². The molecular formula is C17H23BrO2. The number of alkyl halides is 1. The first-order valence-electron chi connectivity index (χ1n) is 7.38. The van der Waals surface area contributed by atoms with Crippen LogP contribution >= 0.6 is 15.9 Å². The molecule has 0 heterocycles. The monoisotopic (exact) mass is 338 g/mol. The van der Waals surface area contributed by atoms with Crippen molar-refractivity contribution < 1.29 is 9.53 Å². The maximum absolute atomic E-state index is 12.5. The minimum atomic E-state index is -0.325. The van der Waals surface area contributed by atoms with Crippen molar-refractivity contribution in [1.29, 1.82) is 0 Å². The number of ether oxygens (including phenoxy) is 1. The Balaban J connectivity index is 2.25. The van der Waals surface area contributed by atoms with E-state index in [1.54, 1.807) is 7.11 Å². The molecule has 0 radical (unpaired) electrons. The van der Waals surface area contributed by atoms with E-state index in [9.17, 15) is 4.79 Å². The zero-order valence-corrected chi connectivity index (χ0v) is 14.0. The van der Waals surface area contributed by atoms with E-state index in [0.717, 1.165) is 30.3 Å². The molecule has 1 atom stereocenters. The number of halogens is 1. The number of carbonyl (C=O) groups is 1. The van der Waals surface area contributed by atoms with Crippen LogP contribution in [0.4, 0.5) is 0 Å². The molecule has 0 aromatic heterocycles. The molecule has 0 unspecified atom stereocenters. The highest BCUT2D eigenvalue weighted by Crippen LogP contribution is 2.40. The van der Waals surface area contributed by atoms with Crippen molar-refractivity contribution in [3.8, 4) is 5.75 Å². The zero-order chi connectivity index (χ0) is 14.6. The first kappa shape index (κ1) is 15.6. The maximum atomic E-state index is 12.5. The van der Waals surface area contributed by atoms with Gasteiger partial charge >= 0.3 is 0 Å². The smallest absolute Gasteiger partial charge is 0.143 e. The number of hydrogen-bond acceptors (Lipinski definition) is 2. The number of rotatable bonds is 6. The lowest BCUT2D eigenvalue weighted by Crippen LogP contribution is -2.37. The summed E-state index contributed by atoms with van der Waals surface area (Å²) in [6, 6.07) is 6.19. The predicted molar refractivity (Wildman–Crippen MR) is 85.9 cm³/mol. The Bertz CT molecular complexity index is 484. The number of fused-ring (bicyclic) bond motifs is 1. The Labute approximate surface area is 130 Å². The molecule has 1 aliphatic rings. The van der Waals surface area contributed by atoms with Gasteiger partial charge in [0, 0.05) is 11.8 Å². The molecule has 0 saturated carbocycles. The van der Waals surface area contributed by atoms with Crippen LogP contribution in [0.1, 0.15) is 50.2 Å². The molecule has 1 aliphatic carbocycles. The third-order valence-corrected chi connectivity index (χ3v) is 5.02. The van der Waals surface area contributed by atoms with Gasteiger partial charge in [0.25, 0.3) is 0 Å². The largest absolute Gasteiger partial charge is 0.497 e. The lowest BCUT2D eigenvalue weighted by molar-refractivity contribution is -0.125. The third-order valence-electron chi connectivity index (χ3n) is 4.46. The van der Waals surface area contributed by atoms with Gasteiger partial charge < -0.3 is 4.74 Å². The van der Waals surface area contributed by atoms with Gasteiger partial charge in [-0.3, -0.25) is 4.79 Å². The summed E-state index contributed by atoms with van der Waals surface area (Å²) in [6.07, 6.45) is 5.94. The molecule has 0 bridgehead atoms. The van der Waals surface area contributed by atoms with Gasteiger partial charge in [0.05, 0.1) is 12.5 Å². The summed E-state index contributed by atoms with van der Waals surface area (Å²) < 4.78 is 5.33. The number of carbonyl (C=O) groups excluding carboxylic acids is 1. The third kappa shape index (κ3) is 3.08. The molecular weight excluding hydrogens is 316 g/mol. The second-order valence-electron chi connectivity index (χ2n) is 5.78. The van der Waals surface area contributed by atoms with Crippen LogP contribution in [0.3, 0.4) is 0 Å². The van der Waals surface area contributed by atoms with Crippen LogP contribution in [-0.2, 0) is 16.6 Å². The summed E-state index contributed by atoms with van der Waals surface area (Å²) >= 11 is 3.46. The molecule has 0 saturated heterocycles. The number of methoxy groups -OCH3 is 1. The molecule has 3 heteroatoms. The quantitative estimate of drug-likeness (QED) is 0.566. The van der Waals surface area contributed by atoms with Gasteiger partial charge in [-0.2, -0.15) is 0 Å². The van der Waals surface area contributed by atoms with Crippen molar-refractivity contribution in [2.24, 2.45) is 0 Å². The van der Waals surface area contributed by atoms with E-state index in [2.05, 4.69) is 35.0 Å². The van der Waals surface area contributed by atoms with E-state index in [1.165, 1.54) is 24.0 Å². The molecule has 20 heavy (non-hydrogen) atoms. The molecule has 0 spiro atoms. The number of unbranched alkanes of at least 4 members (excludes halogenated alkanes) is 2. The minimum absolute atomic E-state index is 0.325. The van der Waals surface area contributed by atoms with Crippen LogP contribution in [0.15, 0.2) is 18.2 Å². The van der Waals surface area contributed by atoms with Crippen LogP contribution in [-0.4, -0.2) is 18.2 Å². The summed E-state index contributed by atoms with van der Waals surface area (Å²) in [7, 11) is 1.68. The highest BCUT2D eigenvalue weighted by molar-refractivity contribution is 9.09. The molecule has 2 nitrogen and oxygen atoms in total. The van der Waals surface area contributed by atoms with E-state index in [0.29, 0.717) is 12.2 Å². The van der Waals surface area contributed by atoms with Crippen LogP contribution in [0.25, 0.3) is 0 Å². The molecule has 0 N–H and O–H groups in total. The van der Waals surface area contributed by atoms with Crippen LogP contribution in [0.5, 0.6) is 5.75 Å². The Morgan fingerprint density at radius 3 is 2.75 bits per heavy atom. The van der Waals surface area contributed by atoms with Gasteiger partial charge in [-0.1, -0.05) is 34.8 Å². The number of benzene rings is 1. The normalized spacial score (nSPS) is 21.6. The van der Waals surface area contributed by atoms with E-state index in [1.807, 2.05) is 6.07 Å². The number of Topliss-reactive ketones (excluding diaryl/α,β-unsaturated/α-hetero) is 1. The van der Waals surface area contributed by atoms with Gasteiger partial charge in [0.15, 0.2) is 0 Å². The van der Waals surface area contributed by atoms with Crippen molar-refractivity contribution >= 4 is 21.7 Å². The van der Waals surface area contributed by atoms with Crippen molar-refractivity contribution in [2.75, 3.05) is 12.4 Å². The average molecular weight is 339 g/mol. The molecule has 110 valence electrons. The van der Waals surface area contributed by atoms with Crippen molar-refractivity contribution in [1.82, 2.24) is 0 Å². The van der Waals surface area contributed by atoms with Gasteiger partial charge in [0.1, 0.15) is 11.5 Å². The maximum Gasteiger partial charge on any atom is 0.143 e. The summed E-state index contributed by atoms with van der Waals surface area (Å²) in [5.74, 6) is 1.24. The highest BCUT2D eigenvalue weighted by Gasteiger charge is 2.38. The van der Waals surface area contributed by atoms with Crippen LogP contribution in [0.2, 0.25) is 0 Å². The fourth-order valence-corrected chi connectivity index (χ4v) is 3.51. The summed E-state index contributed by atoms with van der Waals surface area (Å²) in [6.45, 7) is 2.11. The Morgan fingerprint density at radius 1 is 1.25 bits per heavy atom. The van der Waals surface area contributed by atoms with Crippen molar-refractivity contribution in [3.63, 3.8) is 0 Å². The van der Waals surface area contributed by atoms with Gasteiger partial charge in [-0.05, 0) is 49.4 Å². The second kappa shape index (κ2) is 6.75. The van der Waals surface area contributed by atoms with Crippen LogP contribution in [0, 0.1) is 0 Å². The standard InChI is InChI=1S/C17H23BrO2/c1-17(10-4-3-5-11-18)15-12-14(20-2)8-6-13(15)7-9-16(17)19/h6,8,12H,3-5,7,9-11H2,1-2H3/t17-/m1/s1. The molecule has 1 aromatic rings. The number of ketones is 1. The Kier molecular flexibility index (Phi) is 5.25. The first-order valence-corrected chi connectivity index (χ1v) is 8.50. The minimum Gasteiger partial charge on any atom is -0.497 e. The first-order chi connectivity index (χ1) is 9.61. The van der Waals surface area contributed by atoms with Gasteiger partial charge in [-0.25, -0.2) is 0 Å². The van der Waals surface area contributed by atoms with E-state index >= 15 is 0 Å². The molecule has 0 amide bonds. The zero-order valence-electron chi connectivity index (χ0n) is 12.4. The van der Waals surface area contributed by atoms with Gasteiger partial charge in [-0.15, -0.1) is 0 Å². The SMILES string of the molecule is COc1ccc2c(c1)[C@@](C)(CCCCCBr)C(=O)CC2. The molecule has 1 aromatic carbocycles. The van der Waals surface area contributed by atoms with Crippen molar-refractivity contribution in [2.45, 2.75) is 50.9 Å². The number of aryl methyl sites for hydroxylation is 1. The number of hydrogen-bond donors (Lipinski definition) is 0. The molecule has 0 fully saturated rings. The fraction of sp³-hybridized carbons (Fsp3) is 0.588. The summed E-state index contributed by atoms with van der Waals surface area (Å²) in [4.78, 5) is 12.5. The predicted octanol–water partition coefficient (Wildman–Crippen LogP) is 4.42. The summed E-state index contributed by atoms with van der Waals surface area (Å²) in [5.41, 5.74) is 2.18. The fourth-order valence-electron chi connectivity index (χ4n) is 3.11. The lowest BCUT2D eigenvalue weighted by Gasteiger charge is -2.35. The van der Waals surface area contributed by atoms with Crippen LogP contribution < -0.4 is 4.74 Å². The average Bonchev–Trinajstić information content (AvgIpc) is 2.47. The second-order valence-corrected chi connectivity index (χ2v) is 6.57. The Hall–Kier alpha value is -0.830. The van der Waals surface area contributed by atoms with Gasteiger partial charge in [0.2, 0.25) is 0 Å². The topological polar surface area (TPSA) is 26.3 Å². The summed E-state index contributed by atoms with van der Waals surface area (Å²) in [5, 5.41) is 1.04. The lowest BCUT2D eigenvalue weighted by atomic mass is 9.67. The molecule has 0 aliphatic heterocycles. The molecule has 2 rings (SSSR count). The van der Waals surface area contributed by atoms with E-state index < -0.39 is 0 Å². The van der Waals surface area contributed by atoms with E-state index in [-0.39, 0.29) is 5.41 Å².